The highest BCUT2D eigenvalue weighted by Gasteiger charge is 2.06. The van der Waals surface area contributed by atoms with Crippen molar-refractivity contribution in [2.75, 3.05) is 0 Å². The van der Waals surface area contributed by atoms with Crippen molar-refractivity contribution < 1.29 is 4.79 Å². The molecule has 0 fully saturated rings. The van der Waals surface area contributed by atoms with E-state index < -0.39 is 0 Å². The largest absolute Gasteiger partial charge is 0.366 e. The molecule has 12 heavy (non-hydrogen) atoms. The van der Waals surface area contributed by atoms with Gasteiger partial charge in [-0.25, -0.2) is 0 Å². The number of primary amides is 1. The average Bonchev–Trinajstić information content (AvgIpc) is 1.96. The number of aryl methyl sites for hydroxylation is 2. The number of nitrogens with two attached hydrogens (primary N) is 1. The van der Waals surface area contributed by atoms with Crippen LogP contribution in [0.25, 0.3) is 0 Å². The molecule has 0 aliphatic carbocycles. The Balaban J connectivity index is 3.37. The van der Waals surface area contributed by atoms with E-state index in [1.807, 2.05) is 32.9 Å². The molecule has 0 unspecified atom stereocenters. The van der Waals surface area contributed by atoms with E-state index in [4.69, 9.17) is 5.73 Å². The van der Waals surface area contributed by atoms with Gasteiger partial charge in [-0.3, -0.25) is 4.79 Å². The molecule has 2 nitrogen and oxygen atoms in total. The molecule has 0 aromatic heterocycles. The van der Waals surface area contributed by atoms with Crippen LogP contribution in [0.2, 0.25) is 0 Å². The quantitative estimate of drug-likeness (QED) is 0.673. The zero-order valence-electron chi connectivity index (χ0n) is 7.64. The normalized spacial score (nSPS) is 9.92. The molecule has 0 aliphatic heterocycles. The van der Waals surface area contributed by atoms with Crippen molar-refractivity contribution in [3.8, 4) is 0 Å². The maximum absolute atomic E-state index is 10.9. The van der Waals surface area contributed by atoms with Crippen LogP contribution in [0.1, 0.15) is 27.0 Å². The lowest BCUT2D eigenvalue weighted by molar-refractivity contribution is 0.0999. The highest BCUT2D eigenvalue weighted by atomic mass is 16.1. The zero-order valence-corrected chi connectivity index (χ0v) is 7.64. The van der Waals surface area contributed by atoms with Gasteiger partial charge in [0.05, 0.1) is 0 Å². The number of hydrogen-bond acceptors (Lipinski definition) is 1. The predicted octanol–water partition coefficient (Wildman–Crippen LogP) is 1.71. The molecule has 1 amide bonds. The van der Waals surface area contributed by atoms with Gasteiger partial charge < -0.3 is 5.73 Å². The summed E-state index contributed by atoms with van der Waals surface area (Å²) in [6.45, 7) is 5.85. The van der Waals surface area contributed by atoms with Crippen LogP contribution in [0.4, 0.5) is 0 Å². The highest BCUT2D eigenvalue weighted by Crippen LogP contribution is 2.14. The summed E-state index contributed by atoms with van der Waals surface area (Å²) in [6, 6.07) is 3.87. The summed E-state index contributed by atoms with van der Waals surface area (Å²) in [4.78, 5) is 10.9. The van der Waals surface area contributed by atoms with E-state index in [0.29, 0.717) is 5.56 Å². The Bertz CT molecular complexity index is 329. The molecule has 0 spiro atoms. The van der Waals surface area contributed by atoms with Crippen LogP contribution in [-0.2, 0) is 0 Å². The summed E-state index contributed by atoms with van der Waals surface area (Å²) in [5.41, 5.74) is 9.02. The van der Waals surface area contributed by atoms with Crippen molar-refractivity contribution in [3.63, 3.8) is 0 Å². The molecule has 0 heterocycles. The number of carbonyl (C=O) groups is 1. The first kappa shape index (κ1) is 8.78. The summed E-state index contributed by atoms with van der Waals surface area (Å²) in [5, 5.41) is 0. The molecule has 0 aliphatic rings. The second-order valence-electron chi connectivity index (χ2n) is 3.12. The van der Waals surface area contributed by atoms with Crippen molar-refractivity contribution in [1.29, 1.82) is 0 Å². The van der Waals surface area contributed by atoms with E-state index in [2.05, 4.69) is 0 Å². The SMILES string of the molecule is Cc1cc(C)c(C)c(C(N)=O)c1. The first-order chi connectivity index (χ1) is 5.52. The maximum Gasteiger partial charge on any atom is 0.248 e. The molecule has 0 radical (unpaired) electrons. The Kier molecular flexibility index (Phi) is 2.18. The Hall–Kier alpha value is -1.31. The zero-order chi connectivity index (χ0) is 9.30. The van der Waals surface area contributed by atoms with Gasteiger partial charge in [0.2, 0.25) is 5.91 Å². The monoisotopic (exact) mass is 163 g/mol. The van der Waals surface area contributed by atoms with Gasteiger partial charge in [0.25, 0.3) is 0 Å². The topological polar surface area (TPSA) is 43.1 Å². The highest BCUT2D eigenvalue weighted by molar-refractivity contribution is 5.94. The molecular weight excluding hydrogens is 150 g/mol. The second kappa shape index (κ2) is 2.97. The fourth-order valence-electron chi connectivity index (χ4n) is 1.30. The van der Waals surface area contributed by atoms with Crippen molar-refractivity contribution in [2.45, 2.75) is 20.8 Å². The van der Waals surface area contributed by atoms with Gasteiger partial charge in [-0.2, -0.15) is 0 Å². The van der Waals surface area contributed by atoms with E-state index in [0.717, 1.165) is 16.7 Å². The van der Waals surface area contributed by atoms with E-state index in [1.165, 1.54) is 0 Å². The van der Waals surface area contributed by atoms with Crippen LogP contribution >= 0.6 is 0 Å². The van der Waals surface area contributed by atoms with Crippen molar-refractivity contribution in [3.05, 3.63) is 34.4 Å². The second-order valence-corrected chi connectivity index (χ2v) is 3.12. The van der Waals surface area contributed by atoms with Crippen molar-refractivity contribution in [2.24, 2.45) is 5.73 Å². The minimum atomic E-state index is -0.348. The number of rotatable bonds is 1. The summed E-state index contributed by atoms with van der Waals surface area (Å²) in [5.74, 6) is -0.348. The van der Waals surface area contributed by atoms with Crippen LogP contribution < -0.4 is 5.73 Å². The minimum absolute atomic E-state index is 0.348. The van der Waals surface area contributed by atoms with Gasteiger partial charge in [0.15, 0.2) is 0 Å². The van der Waals surface area contributed by atoms with Crippen LogP contribution in [0.3, 0.4) is 0 Å². The van der Waals surface area contributed by atoms with Gasteiger partial charge in [0, 0.05) is 5.56 Å². The third-order valence-corrected chi connectivity index (χ3v) is 2.08. The lowest BCUT2D eigenvalue weighted by Crippen LogP contribution is -2.13. The summed E-state index contributed by atoms with van der Waals surface area (Å²) >= 11 is 0. The van der Waals surface area contributed by atoms with Gasteiger partial charge in [-0.15, -0.1) is 0 Å². The molecule has 64 valence electrons. The molecule has 0 atom stereocenters. The molecule has 2 heteroatoms. The lowest BCUT2D eigenvalue weighted by Gasteiger charge is -2.06. The molecule has 1 aromatic rings. The van der Waals surface area contributed by atoms with Crippen LogP contribution in [0, 0.1) is 20.8 Å². The Morgan fingerprint density at radius 3 is 2.33 bits per heavy atom. The summed E-state index contributed by atoms with van der Waals surface area (Å²) in [6.07, 6.45) is 0. The number of amides is 1. The van der Waals surface area contributed by atoms with E-state index in [1.54, 1.807) is 0 Å². The van der Waals surface area contributed by atoms with Crippen molar-refractivity contribution >= 4 is 5.91 Å². The Labute approximate surface area is 72.4 Å². The fourth-order valence-corrected chi connectivity index (χ4v) is 1.30. The number of benzene rings is 1. The molecular formula is C10H13NO. The first-order valence-corrected chi connectivity index (χ1v) is 3.90. The van der Waals surface area contributed by atoms with Crippen LogP contribution in [-0.4, -0.2) is 5.91 Å². The van der Waals surface area contributed by atoms with E-state index in [9.17, 15) is 4.79 Å². The summed E-state index contributed by atoms with van der Waals surface area (Å²) in [7, 11) is 0. The third-order valence-electron chi connectivity index (χ3n) is 2.08. The van der Waals surface area contributed by atoms with Gasteiger partial charge in [0.1, 0.15) is 0 Å². The minimum Gasteiger partial charge on any atom is -0.366 e. The molecule has 0 saturated heterocycles. The van der Waals surface area contributed by atoms with Gasteiger partial charge in [-0.1, -0.05) is 11.6 Å². The van der Waals surface area contributed by atoms with E-state index >= 15 is 0 Å². The Morgan fingerprint density at radius 2 is 1.83 bits per heavy atom. The fraction of sp³-hybridized carbons (Fsp3) is 0.300. The maximum atomic E-state index is 10.9. The van der Waals surface area contributed by atoms with Crippen LogP contribution in [0.5, 0.6) is 0 Å². The first-order valence-electron chi connectivity index (χ1n) is 3.90. The smallest absolute Gasteiger partial charge is 0.248 e. The molecule has 1 rings (SSSR count). The number of carbonyl (C=O) groups excluding carboxylic acids is 1. The molecule has 2 N–H and O–H groups in total. The molecule has 0 saturated carbocycles. The van der Waals surface area contributed by atoms with Crippen molar-refractivity contribution in [1.82, 2.24) is 0 Å². The Morgan fingerprint density at radius 1 is 1.25 bits per heavy atom. The standard InChI is InChI=1S/C10H13NO/c1-6-4-7(2)8(3)9(5-6)10(11)12/h4-5H,1-3H3,(H2,11,12). The molecule has 1 aromatic carbocycles. The van der Waals surface area contributed by atoms with Gasteiger partial charge >= 0.3 is 0 Å². The third kappa shape index (κ3) is 1.47. The summed E-state index contributed by atoms with van der Waals surface area (Å²) < 4.78 is 0. The van der Waals surface area contributed by atoms with E-state index in [-0.39, 0.29) is 5.91 Å². The molecule has 0 bridgehead atoms. The predicted molar refractivity (Wildman–Crippen MR) is 49.2 cm³/mol. The average molecular weight is 163 g/mol. The lowest BCUT2D eigenvalue weighted by atomic mass is 10.00. The number of hydrogen-bond donors (Lipinski definition) is 1. The van der Waals surface area contributed by atoms with Crippen LogP contribution in [0.15, 0.2) is 12.1 Å². The van der Waals surface area contributed by atoms with Gasteiger partial charge in [-0.05, 0) is 38.0 Å².